The van der Waals surface area contributed by atoms with Crippen LogP contribution < -0.4 is 20.2 Å². The van der Waals surface area contributed by atoms with E-state index in [-0.39, 0.29) is 25.1 Å². The summed E-state index contributed by atoms with van der Waals surface area (Å²) in [5.41, 5.74) is 1.95. The van der Waals surface area contributed by atoms with Crippen LogP contribution in [-0.4, -0.2) is 31.7 Å². The van der Waals surface area contributed by atoms with Crippen LogP contribution in [0.4, 0.5) is 18.9 Å². The number of benzene rings is 2. The molecular weight excluding hydrogens is 427 g/mol. The van der Waals surface area contributed by atoms with Gasteiger partial charge in [-0.2, -0.15) is 18.3 Å². The van der Waals surface area contributed by atoms with Crippen LogP contribution in [0.1, 0.15) is 24.0 Å². The van der Waals surface area contributed by atoms with Crippen LogP contribution in [0, 0.1) is 0 Å². The van der Waals surface area contributed by atoms with Gasteiger partial charge < -0.3 is 14.8 Å². The second-order valence-corrected chi connectivity index (χ2v) is 6.40. The lowest BCUT2D eigenvalue weighted by Gasteiger charge is -2.11. The highest BCUT2D eigenvalue weighted by Crippen LogP contribution is 2.31. The number of methoxy groups -OCH3 is 1. The number of hydrogen-bond acceptors (Lipinski definition) is 5. The minimum atomic E-state index is -4.52. The number of hydrogen-bond donors (Lipinski definition) is 2. The van der Waals surface area contributed by atoms with Crippen molar-refractivity contribution in [2.75, 3.05) is 19.0 Å². The van der Waals surface area contributed by atoms with Crippen LogP contribution in [0.15, 0.2) is 60.2 Å². The summed E-state index contributed by atoms with van der Waals surface area (Å²) in [6.45, 7) is 3.83. The normalized spacial score (nSPS) is 11.1. The molecule has 0 unspecified atom stereocenters. The number of rotatable bonds is 10. The Balaban J connectivity index is 1.88. The molecule has 7 nitrogen and oxygen atoms in total. The van der Waals surface area contributed by atoms with Gasteiger partial charge in [0.25, 0.3) is 0 Å². The summed E-state index contributed by atoms with van der Waals surface area (Å²) in [5.74, 6) is -0.241. The summed E-state index contributed by atoms with van der Waals surface area (Å²) in [4.78, 5) is 23.9. The highest BCUT2D eigenvalue weighted by atomic mass is 19.4. The molecule has 0 aliphatic rings. The first kappa shape index (κ1) is 24.4. The molecule has 0 heterocycles. The number of ether oxygens (including phenoxy) is 2. The molecule has 0 saturated heterocycles. The van der Waals surface area contributed by atoms with E-state index in [1.165, 1.54) is 25.5 Å². The Labute approximate surface area is 182 Å². The number of nitrogens with zero attached hydrogens (tertiary/aromatic N) is 1. The van der Waals surface area contributed by atoms with Crippen LogP contribution >= 0.6 is 0 Å². The monoisotopic (exact) mass is 449 g/mol. The first-order valence-corrected chi connectivity index (χ1v) is 9.44. The quantitative estimate of drug-likeness (QED) is 0.324. The number of carbonyl (C=O) groups excluding carboxylic acids is 2. The topological polar surface area (TPSA) is 89.0 Å². The van der Waals surface area contributed by atoms with Crippen LogP contribution in [0.25, 0.3) is 0 Å². The van der Waals surface area contributed by atoms with Gasteiger partial charge in [-0.15, -0.1) is 0 Å². The van der Waals surface area contributed by atoms with Crippen molar-refractivity contribution in [2.24, 2.45) is 5.10 Å². The van der Waals surface area contributed by atoms with Crippen LogP contribution in [-0.2, 0) is 15.8 Å². The molecule has 0 aromatic heterocycles. The standard InChI is InChI=1S/C22H22F3N3O4/c1-3-12-32-21-15(6-4-9-18(21)31-2)14-26-28-20(30)11-10-19(29)27-17-8-5-7-16(13-17)22(23,24)25/h3-9,13-14H,1,10-12H2,2H3,(H,27,29)(H,28,30). The maximum Gasteiger partial charge on any atom is 0.416 e. The van der Waals surface area contributed by atoms with Crippen LogP contribution in [0.3, 0.4) is 0 Å². The first-order chi connectivity index (χ1) is 15.2. The van der Waals surface area contributed by atoms with E-state index >= 15 is 0 Å². The summed E-state index contributed by atoms with van der Waals surface area (Å²) < 4.78 is 49.0. The van der Waals surface area contributed by atoms with Crippen LogP contribution in [0.5, 0.6) is 11.5 Å². The van der Waals surface area contributed by atoms with E-state index in [1.807, 2.05) is 0 Å². The van der Waals surface area contributed by atoms with Crippen molar-refractivity contribution in [3.63, 3.8) is 0 Å². The van der Waals surface area contributed by atoms with Gasteiger partial charge >= 0.3 is 6.18 Å². The third kappa shape index (κ3) is 7.46. The lowest BCUT2D eigenvalue weighted by molar-refractivity contribution is -0.137. The van der Waals surface area contributed by atoms with Crippen molar-refractivity contribution in [3.05, 3.63) is 66.2 Å². The van der Waals surface area contributed by atoms with Crippen LogP contribution in [0.2, 0.25) is 0 Å². The lowest BCUT2D eigenvalue weighted by atomic mass is 10.2. The van der Waals surface area contributed by atoms with Gasteiger partial charge in [0, 0.05) is 24.1 Å². The number of amides is 2. The average Bonchev–Trinajstić information content (AvgIpc) is 2.76. The Morgan fingerprint density at radius 2 is 1.84 bits per heavy atom. The zero-order valence-electron chi connectivity index (χ0n) is 17.2. The van der Waals surface area contributed by atoms with Gasteiger partial charge in [0.1, 0.15) is 6.61 Å². The number of anilines is 1. The SMILES string of the molecule is C=CCOc1c(C=NNC(=O)CCC(=O)Nc2cccc(C(F)(F)F)c2)cccc1OC. The summed E-state index contributed by atoms with van der Waals surface area (Å²) in [5, 5.41) is 6.18. The first-order valence-electron chi connectivity index (χ1n) is 9.44. The highest BCUT2D eigenvalue weighted by Gasteiger charge is 2.30. The van der Waals surface area contributed by atoms with E-state index in [9.17, 15) is 22.8 Å². The molecular formula is C22H22F3N3O4. The van der Waals surface area contributed by atoms with E-state index < -0.39 is 23.6 Å². The molecule has 170 valence electrons. The third-order valence-electron chi connectivity index (χ3n) is 4.02. The number of carbonyl (C=O) groups is 2. The van der Waals surface area contributed by atoms with E-state index in [2.05, 4.69) is 22.4 Å². The molecule has 2 rings (SSSR count). The number of alkyl halides is 3. The van der Waals surface area contributed by atoms with E-state index in [0.717, 1.165) is 12.1 Å². The molecule has 2 aromatic carbocycles. The Morgan fingerprint density at radius 1 is 1.12 bits per heavy atom. The number of para-hydroxylation sites is 1. The zero-order chi connectivity index (χ0) is 23.6. The minimum absolute atomic E-state index is 0.00617. The van der Waals surface area contributed by atoms with Gasteiger partial charge in [0.05, 0.1) is 18.9 Å². The molecule has 0 aliphatic carbocycles. The second kappa shape index (κ2) is 11.5. The van der Waals surface area contributed by atoms with Crippen molar-refractivity contribution < 1.29 is 32.2 Å². The van der Waals surface area contributed by atoms with Gasteiger partial charge in [-0.1, -0.05) is 24.8 Å². The maximum absolute atomic E-state index is 12.7. The fourth-order valence-corrected chi connectivity index (χ4v) is 2.55. The summed E-state index contributed by atoms with van der Waals surface area (Å²) >= 11 is 0. The van der Waals surface area contributed by atoms with Gasteiger partial charge in [0.2, 0.25) is 11.8 Å². The maximum atomic E-state index is 12.7. The fraction of sp³-hybridized carbons (Fsp3) is 0.227. The van der Waals surface area contributed by atoms with Crippen molar-refractivity contribution in [3.8, 4) is 11.5 Å². The fourth-order valence-electron chi connectivity index (χ4n) is 2.55. The predicted octanol–water partition coefficient (Wildman–Crippen LogP) is 4.15. The van der Waals surface area contributed by atoms with E-state index in [0.29, 0.717) is 17.1 Å². The largest absolute Gasteiger partial charge is 0.493 e. The van der Waals surface area contributed by atoms with Crippen molar-refractivity contribution >= 4 is 23.7 Å². The van der Waals surface area contributed by atoms with Gasteiger partial charge in [-0.25, -0.2) is 5.43 Å². The van der Waals surface area contributed by atoms with E-state index in [1.54, 1.807) is 24.3 Å². The molecule has 2 aromatic rings. The molecule has 0 aliphatic heterocycles. The Hall–Kier alpha value is -3.82. The smallest absolute Gasteiger partial charge is 0.416 e. The third-order valence-corrected chi connectivity index (χ3v) is 4.02. The summed E-state index contributed by atoms with van der Waals surface area (Å²) in [7, 11) is 1.49. The van der Waals surface area contributed by atoms with Gasteiger partial charge in [-0.3, -0.25) is 9.59 Å². The zero-order valence-corrected chi connectivity index (χ0v) is 17.2. The van der Waals surface area contributed by atoms with Crippen molar-refractivity contribution in [2.45, 2.75) is 19.0 Å². The molecule has 0 bridgehead atoms. The molecule has 0 spiro atoms. The highest BCUT2D eigenvalue weighted by molar-refractivity contribution is 5.93. The Kier molecular flexibility index (Phi) is 8.82. The molecule has 10 heteroatoms. The Morgan fingerprint density at radius 3 is 2.53 bits per heavy atom. The number of halogens is 3. The molecule has 2 N–H and O–H groups in total. The molecule has 0 saturated carbocycles. The molecule has 2 amide bonds. The molecule has 0 fully saturated rings. The van der Waals surface area contributed by atoms with Crippen molar-refractivity contribution in [1.82, 2.24) is 5.43 Å². The van der Waals surface area contributed by atoms with Gasteiger partial charge in [-0.05, 0) is 30.3 Å². The average molecular weight is 449 g/mol. The number of hydrazone groups is 1. The van der Waals surface area contributed by atoms with Gasteiger partial charge in [0.15, 0.2) is 11.5 Å². The van der Waals surface area contributed by atoms with Crippen molar-refractivity contribution in [1.29, 1.82) is 0 Å². The molecule has 32 heavy (non-hydrogen) atoms. The molecule has 0 radical (unpaired) electrons. The lowest BCUT2D eigenvalue weighted by Crippen LogP contribution is -2.20. The number of nitrogens with one attached hydrogen (secondary N) is 2. The second-order valence-electron chi connectivity index (χ2n) is 6.40. The van der Waals surface area contributed by atoms with E-state index in [4.69, 9.17) is 9.47 Å². The summed E-state index contributed by atoms with van der Waals surface area (Å²) in [6.07, 6.45) is -2.02. The Bertz CT molecular complexity index is 991. The predicted molar refractivity (Wildman–Crippen MR) is 114 cm³/mol. The molecule has 0 atom stereocenters. The summed E-state index contributed by atoms with van der Waals surface area (Å²) in [6, 6.07) is 9.38. The minimum Gasteiger partial charge on any atom is -0.493 e.